The minimum atomic E-state index is -0.218. The zero-order chi connectivity index (χ0) is 12.3. The summed E-state index contributed by atoms with van der Waals surface area (Å²) < 4.78 is 0. The van der Waals surface area contributed by atoms with Gasteiger partial charge < -0.3 is 5.32 Å². The zero-order valence-electron chi connectivity index (χ0n) is 9.40. The monoisotopic (exact) mass is 264 g/mol. The molecular weight excluding hydrogens is 252 g/mol. The summed E-state index contributed by atoms with van der Waals surface area (Å²) >= 11 is 3.09. The van der Waals surface area contributed by atoms with Crippen LogP contribution in [0.25, 0.3) is 0 Å². The van der Waals surface area contributed by atoms with Crippen molar-refractivity contribution in [1.29, 1.82) is 5.26 Å². The largest absolute Gasteiger partial charge is 0.377 e. The Kier molecular flexibility index (Phi) is 3.87. The fourth-order valence-corrected chi connectivity index (χ4v) is 3.42. The highest BCUT2D eigenvalue weighted by Gasteiger charge is 2.24. The van der Waals surface area contributed by atoms with E-state index in [0.717, 1.165) is 16.1 Å². The maximum atomic E-state index is 12.2. The maximum absolute atomic E-state index is 12.2. The van der Waals surface area contributed by atoms with E-state index in [0.29, 0.717) is 11.5 Å². The Labute approximate surface area is 109 Å². The predicted octanol–water partition coefficient (Wildman–Crippen LogP) is 2.43. The highest BCUT2D eigenvalue weighted by molar-refractivity contribution is 7.99. The Balaban J connectivity index is 2.16. The van der Waals surface area contributed by atoms with Crippen LogP contribution in [0.3, 0.4) is 0 Å². The summed E-state index contributed by atoms with van der Waals surface area (Å²) in [4.78, 5) is 13.0. The van der Waals surface area contributed by atoms with Gasteiger partial charge in [0, 0.05) is 17.2 Å². The second-order valence-electron chi connectivity index (χ2n) is 3.77. The number of thioether (sulfide) groups is 1. The molecule has 2 rings (SSSR count). The lowest BCUT2D eigenvalue weighted by Gasteiger charge is -2.15. The summed E-state index contributed by atoms with van der Waals surface area (Å²) in [6, 6.07) is 5.68. The topological polar surface area (TPSA) is 52.9 Å². The summed E-state index contributed by atoms with van der Waals surface area (Å²) in [5.74, 6) is 1.51. The second kappa shape index (κ2) is 5.39. The van der Waals surface area contributed by atoms with Gasteiger partial charge in [-0.1, -0.05) is 6.07 Å². The number of carbonyl (C=O) groups is 1. The molecule has 0 amide bonds. The number of nitrogens with zero attached hydrogens (tertiary/aromatic N) is 1. The number of ketones is 1. The number of hydrogen-bond acceptors (Lipinski definition) is 5. The molecule has 1 aliphatic rings. The summed E-state index contributed by atoms with van der Waals surface area (Å²) in [6.07, 6.45) is 0. The molecule has 0 fully saturated rings. The lowest BCUT2D eigenvalue weighted by molar-refractivity contribution is 0.0962. The lowest BCUT2D eigenvalue weighted by atomic mass is 10.1. The first-order chi connectivity index (χ1) is 8.22. The normalized spacial score (nSPS) is 20.4. The SMILES string of the molecule is CC1=C(C#N)CSCC(C(=O)c2cccs2)N1. The molecule has 0 saturated heterocycles. The van der Waals surface area contributed by atoms with Crippen molar-refractivity contribution in [2.75, 3.05) is 11.5 Å². The van der Waals surface area contributed by atoms with Gasteiger partial charge in [0.05, 0.1) is 22.6 Å². The third-order valence-corrected chi connectivity index (χ3v) is 4.54. The minimum absolute atomic E-state index is 0.117. The number of thiophene rings is 1. The lowest BCUT2D eigenvalue weighted by Crippen LogP contribution is -2.36. The van der Waals surface area contributed by atoms with E-state index in [-0.39, 0.29) is 11.8 Å². The van der Waals surface area contributed by atoms with Crippen LogP contribution in [0.2, 0.25) is 0 Å². The molecule has 1 atom stereocenters. The highest BCUT2D eigenvalue weighted by Crippen LogP contribution is 2.20. The van der Waals surface area contributed by atoms with Crippen molar-refractivity contribution in [1.82, 2.24) is 5.32 Å². The van der Waals surface area contributed by atoms with Crippen molar-refractivity contribution in [3.63, 3.8) is 0 Å². The Bertz CT molecular complexity index is 485. The standard InChI is InChI=1S/C12H12N2OS2/c1-8-9(5-13)6-16-7-10(14-8)12(15)11-3-2-4-17-11/h2-4,10,14H,6-7H2,1H3. The van der Waals surface area contributed by atoms with Gasteiger partial charge in [-0.25, -0.2) is 0 Å². The second-order valence-corrected chi connectivity index (χ2v) is 5.75. The highest BCUT2D eigenvalue weighted by atomic mass is 32.2. The van der Waals surface area contributed by atoms with Crippen molar-refractivity contribution in [3.05, 3.63) is 33.7 Å². The Hall–Kier alpha value is -1.25. The van der Waals surface area contributed by atoms with Crippen molar-refractivity contribution in [2.45, 2.75) is 13.0 Å². The Morgan fingerprint density at radius 3 is 3.12 bits per heavy atom. The quantitative estimate of drug-likeness (QED) is 0.834. The number of carbonyl (C=O) groups excluding carboxylic acids is 1. The molecule has 0 spiro atoms. The van der Waals surface area contributed by atoms with Crippen LogP contribution in [0.5, 0.6) is 0 Å². The fraction of sp³-hybridized carbons (Fsp3) is 0.333. The van der Waals surface area contributed by atoms with Crippen molar-refractivity contribution in [2.24, 2.45) is 0 Å². The van der Waals surface area contributed by atoms with Gasteiger partial charge >= 0.3 is 0 Å². The van der Waals surface area contributed by atoms with Gasteiger partial charge in [-0.15, -0.1) is 11.3 Å². The predicted molar refractivity (Wildman–Crippen MR) is 71.2 cm³/mol. The molecule has 17 heavy (non-hydrogen) atoms. The minimum Gasteiger partial charge on any atom is -0.377 e. The van der Waals surface area contributed by atoms with Gasteiger partial charge in [0.1, 0.15) is 0 Å². The zero-order valence-corrected chi connectivity index (χ0v) is 11.0. The molecule has 0 saturated carbocycles. The van der Waals surface area contributed by atoms with Gasteiger partial charge in [0.2, 0.25) is 0 Å². The molecule has 0 bridgehead atoms. The Morgan fingerprint density at radius 2 is 2.47 bits per heavy atom. The van der Waals surface area contributed by atoms with Gasteiger partial charge in [-0.2, -0.15) is 17.0 Å². The molecule has 3 nitrogen and oxygen atoms in total. The number of allylic oxidation sites excluding steroid dienone is 1. The molecule has 2 heterocycles. The molecule has 5 heteroatoms. The molecule has 1 aromatic heterocycles. The summed E-state index contributed by atoms with van der Waals surface area (Å²) in [5.41, 5.74) is 1.56. The van der Waals surface area contributed by atoms with Crippen LogP contribution in [-0.4, -0.2) is 23.3 Å². The number of hydrogen-bond donors (Lipinski definition) is 1. The first-order valence-electron chi connectivity index (χ1n) is 5.24. The molecule has 1 aromatic rings. The molecule has 1 unspecified atom stereocenters. The van der Waals surface area contributed by atoms with E-state index in [9.17, 15) is 4.79 Å². The van der Waals surface area contributed by atoms with Crippen LogP contribution in [0.1, 0.15) is 16.6 Å². The van der Waals surface area contributed by atoms with E-state index in [1.54, 1.807) is 11.8 Å². The van der Waals surface area contributed by atoms with Crippen LogP contribution >= 0.6 is 23.1 Å². The van der Waals surface area contributed by atoms with Crippen LogP contribution in [0.4, 0.5) is 0 Å². The Morgan fingerprint density at radius 1 is 1.65 bits per heavy atom. The van der Waals surface area contributed by atoms with Crippen LogP contribution in [0.15, 0.2) is 28.8 Å². The average molecular weight is 264 g/mol. The van der Waals surface area contributed by atoms with Gasteiger partial charge in [-0.3, -0.25) is 4.79 Å². The third kappa shape index (κ3) is 2.71. The number of Topliss-reactive ketones (excluding diaryl/α,β-unsaturated/α-hetero) is 1. The smallest absolute Gasteiger partial charge is 0.195 e. The van der Waals surface area contributed by atoms with E-state index in [1.807, 2.05) is 24.4 Å². The molecule has 0 aliphatic carbocycles. The number of rotatable bonds is 2. The van der Waals surface area contributed by atoms with Gasteiger partial charge in [0.15, 0.2) is 5.78 Å². The summed E-state index contributed by atoms with van der Waals surface area (Å²) in [5, 5.41) is 14.0. The van der Waals surface area contributed by atoms with Crippen molar-refractivity contribution in [3.8, 4) is 6.07 Å². The van der Waals surface area contributed by atoms with Crippen LogP contribution in [-0.2, 0) is 0 Å². The molecule has 1 aliphatic heterocycles. The van der Waals surface area contributed by atoms with Gasteiger partial charge in [-0.05, 0) is 18.4 Å². The maximum Gasteiger partial charge on any atom is 0.195 e. The van der Waals surface area contributed by atoms with E-state index in [2.05, 4.69) is 11.4 Å². The molecular formula is C12H12N2OS2. The van der Waals surface area contributed by atoms with Crippen LogP contribution < -0.4 is 5.32 Å². The van der Waals surface area contributed by atoms with E-state index >= 15 is 0 Å². The number of nitriles is 1. The fourth-order valence-electron chi connectivity index (χ4n) is 1.63. The van der Waals surface area contributed by atoms with E-state index < -0.39 is 0 Å². The van der Waals surface area contributed by atoms with Crippen LogP contribution in [0, 0.1) is 11.3 Å². The summed E-state index contributed by atoms with van der Waals surface area (Å²) in [6.45, 7) is 1.86. The first-order valence-corrected chi connectivity index (χ1v) is 7.27. The molecule has 1 N–H and O–H groups in total. The van der Waals surface area contributed by atoms with E-state index in [4.69, 9.17) is 5.26 Å². The van der Waals surface area contributed by atoms with E-state index in [1.165, 1.54) is 11.3 Å². The molecule has 88 valence electrons. The van der Waals surface area contributed by atoms with Gasteiger partial charge in [0.25, 0.3) is 0 Å². The average Bonchev–Trinajstić information content (AvgIpc) is 2.79. The first kappa shape index (κ1) is 12.2. The van der Waals surface area contributed by atoms with Crippen molar-refractivity contribution < 1.29 is 4.79 Å². The van der Waals surface area contributed by atoms with Crippen molar-refractivity contribution >= 4 is 28.9 Å². The number of nitrogens with one attached hydrogen (secondary N) is 1. The molecule has 0 aromatic carbocycles. The molecule has 0 radical (unpaired) electrons. The summed E-state index contributed by atoms with van der Waals surface area (Å²) in [7, 11) is 0. The third-order valence-electron chi connectivity index (χ3n) is 2.59.